The minimum Gasteiger partial charge on any atom is -0.383 e. The zero-order valence-electron chi connectivity index (χ0n) is 9.76. The second-order valence-corrected chi connectivity index (χ2v) is 6.61. The summed E-state index contributed by atoms with van der Waals surface area (Å²) in [6.45, 7) is 3.15. The van der Waals surface area contributed by atoms with Crippen LogP contribution in [0.25, 0.3) is 0 Å². The summed E-state index contributed by atoms with van der Waals surface area (Å²) in [6, 6.07) is 0. The Balaban J connectivity index is 2.22. The topological polar surface area (TPSA) is 64.1 Å². The molecule has 0 saturated carbocycles. The number of rotatable bonds is 8. The number of aromatic nitrogens is 2. The van der Waals surface area contributed by atoms with Crippen LogP contribution in [-0.4, -0.2) is 47.9 Å². The van der Waals surface area contributed by atoms with Gasteiger partial charge in [-0.1, -0.05) is 41.8 Å². The van der Waals surface area contributed by atoms with Gasteiger partial charge in [-0.3, -0.25) is 4.79 Å². The second kappa shape index (κ2) is 8.73. The van der Waals surface area contributed by atoms with E-state index in [1.807, 2.05) is 0 Å². The fourth-order valence-corrected chi connectivity index (χ4v) is 3.66. The van der Waals surface area contributed by atoms with Gasteiger partial charge in [-0.15, -0.1) is 10.2 Å². The van der Waals surface area contributed by atoms with Crippen molar-refractivity contribution in [1.82, 2.24) is 15.5 Å². The van der Waals surface area contributed by atoms with E-state index in [0.717, 1.165) is 14.4 Å². The highest BCUT2D eigenvalue weighted by Gasteiger charge is 2.07. The zero-order chi connectivity index (χ0) is 12.5. The fraction of sp³-hybridized carbons (Fsp3) is 0.667. The number of thioether (sulfide) groups is 2. The number of carbonyl (C=O) groups is 1. The molecule has 0 aromatic carbocycles. The first-order valence-corrected chi connectivity index (χ1v) is 7.89. The molecule has 1 aromatic rings. The molecule has 0 radical (unpaired) electrons. The predicted molar refractivity (Wildman–Crippen MR) is 71.9 cm³/mol. The van der Waals surface area contributed by atoms with Gasteiger partial charge in [0, 0.05) is 13.7 Å². The summed E-state index contributed by atoms with van der Waals surface area (Å²) in [6.07, 6.45) is 0. The number of nitrogens with zero attached hydrogens (tertiary/aromatic N) is 2. The third-order valence-electron chi connectivity index (χ3n) is 1.61. The summed E-state index contributed by atoms with van der Waals surface area (Å²) in [5.74, 6) is 1.35. The monoisotopic (exact) mass is 293 g/mol. The molecule has 96 valence electrons. The van der Waals surface area contributed by atoms with Gasteiger partial charge in [0.15, 0.2) is 8.68 Å². The average Bonchev–Trinajstić information content (AvgIpc) is 2.75. The van der Waals surface area contributed by atoms with Crippen molar-refractivity contribution in [2.24, 2.45) is 0 Å². The van der Waals surface area contributed by atoms with Crippen LogP contribution >= 0.6 is 34.9 Å². The smallest absolute Gasteiger partial charge is 0.230 e. The van der Waals surface area contributed by atoms with Crippen molar-refractivity contribution >= 4 is 40.8 Å². The van der Waals surface area contributed by atoms with Crippen molar-refractivity contribution in [3.05, 3.63) is 0 Å². The Morgan fingerprint density at radius 1 is 1.41 bits per heavy atom. The lowest BCUT2D eigenvalue weighted by Crippen LogP contribution is -2.28. The largest absolute Gasteiger partial charge is 0.383 e. The van der Waals surface area contributed by atoms with Gasteiger partial charge in [-0.2, -0.15) is 0 Å². The van der Waals surface area contributed by atoms with E-state index in [-0.39, 0.29) is 5.91 Å². The van der Waals surface area contributed by atoms with E-state index in [9.17, 15) is 4.79 Å². The summed E-state index contributed by atoms with van der Waals surface area (Å²) in [5, 5.41) is 10.8. The van der Waals surface area contributed by atoms with E-state index in [1.165, 1.54) is 23.1 Å². The molecule has 0 saturated heterocycles. The molecule has 0 spiro atoms. The first-order chi connectivity index (χ1) is 8.26. The predicted octanol–water partition coefficient (Wildman–Crippen LogP) is 1.50. The molecule has 0 fully saturated rings. The summed E-state index contributed by atoms with van der Waals surface area (Å²) >= 11 is 4.60. The number of amides is 1. The molecule has 0 unspecified atom stereocenters. The number of hydrogen-bond donors (Lipinski definition) is 1. The SMILES string of the molecule is CCSc1nnc(SCC(=O)NCCOC)s1. The standard InChI is InChI=1S/C9H15N3O2S3/c1-3-15-8-11-12-9(17-8)16-6-7(13)10-4-5-14-2/h3-6H2,1-2H3,(H,10,13). The third kappa shape index (κ3) is 6.25. The highest BCUT2D eigenvalue weighted by Crippen LogP contribution is 2.28. The molecule has 1 N–H and O–H groups in total. The van der Waals surface area contributed by atoms with Crippen molar-refractivity contribution in [1.29, 1.82) is 0 Å². The average molecular weight is 293 g/mol. The lowest BCUT2D eigenvalue weighted by atomic mass is 10.6. The lowest BCUT2D eigenvalue weighted by molar-refractivity contribution is -0.118. The van der Waals surface area contributed by atoms with Gasteiger partial charge in [0.2, 0.25) is 5.91 Å². The van der Waals surface area contributed by atoms with Crippen LogP contribution < -0.4 is 5.32 Å². The molecule has 5 nitrogen and oxygen atoms in total. The molecule has 0 atom stereocenters. The molecule has 1 heterocycles. The third-order valence-corrected chi connectivity index (χ3v) is 4.68. The van der Waals surface area contributed by atoms with Crippen molar-refractivity contribution in [2.75, 3.05) is 31.8 Å². The van der Waals surface area contributed by atoms with Gasteiger partial charge < -0.3 is 10.1 Å². The van der Waals surface area contributed by atoms with Crippen molar-refractivity contribution in [2.45, 2.75) is 15.6 Å². The van der Waals surface area contributed by atoms with Gasteiger partial charge in [0.05, 0.1) is 12.4 Å². The van der Waals surface area contributed by atoms with Gasteiger partial charge in [-0.25, -0.2) is 0 Å². The van der Waals surface area contributed by atoms with Crippen LogP contribution in [0.2, 0.25) is 0 Å². The molecular weight excluding hydrogens is 278 g/mol. The van der Waals surface area contributed by atoms with E-state index >= 15 is 0 Å². The van der Waals surface area contributed by atoms with Gasteiger partial charge in [0.25, 0.3) is 0 Å². The maximum absolute atomic E-state index is 11.4. The van der Waals surface area contributed by atoms with Gasteiger partial charge >= 0.3 is 0 Å². The quantitative estimate of drug-likeness (QED) is 0.579. The van der Waals surface area contributed by atoms with E-state index in [2.05, 4.69) is 22.4 Å². The highest BCUT2D eigenvalue weighted by atomic mass is 32.2. The van der Waals surface area contributed by atoms with Crippen LogP contribution in [0.5, 0.6) is 0 Å². The van der Waals surface area contributed by atoms with Crippen molar-refractivity contribution in [3.8, 4) is 0 Å². The molecular formula is C9H15N3O2S3. The van der Waals surface area contributed by atoms with Crippen LogP contribution in [0.1, 0.15) is 6.92 Å². The van der Waals surface area contributed by atoms with Gasteiger partial charge in [-0.05, 0) is 5.75 Å². The number of methoxy groups -OCH3 is 1. The molecule has 1 amide bonds. The van der Waals surface area contributed by atoms with Crippen LogP contribution in [0, 0.1) is 0 Å². The number of nitrogens with one attached hydrogen (secondary N) is 1. The van der Waals surface area contributed by atoms with Crippen LogP contribution in [-0.2, 0) is 9.53 Å². The van der Waals surface area contributed by atoms with Crippen LogP contribution in [0.3, 0.4) is 0 Å². The molecule has 1 aromatic heterocycles. The Labute approximate surface area is 113 Å². The molecule has 1 rings (SSSR count). The zero-order valence-corrected chi connectivity index (χ0v) is 12.2. The highest BCUT2D eigenvalue weighted by molar-refractivity contribution is 8.03. The number of carbonyl (C=O) groups excluding carboxylic acids is 1. The lowest BCUT2D eigenvalue weighted by Gasteiger charge is -2.02. The summed E-state index contributed by atoms with van der Waals surface area (Å²) in [5.41, 5.74) is 0. The second-order valence-electron chi connectivity index (χ2n) is 2.90. The molecule has 8 heteroatoms. The van der Waals surface area contributed by atoms with Crippen LogP contribution in [0.15, 0.2) is 8.68 Å². The Hall–Kier alpha value is -0.310. The van der Waals surface area contributed by atoms with Crippen molar-refractivity contribution in [3.63, 3.8) is 0 Å². The molecule has 0 aliphatic heterocycles. The minimum atomic E-state index is -0.00746. The Morgan fingerprint density at radius 2 is 2.12 bits per heavy atom. The fourth-order valence-electron chi connectivity index (χ4n) is 0.908. The Morgan fingerprint density at radius 3 is 2.76 bits per heavy atom. The maximum atomic E-state index is 11.4. The van der Waals surface area contributed by atoms with E-state index in [1.54, 1.807) is 18.9 Å². The molecule has 0 bridgehead atoms. The van der Waals surface area contributed by atoms with Crippen LogP contribution in [0.4, 0.5) is 0 Å². The normalized spacial score (nSPS) is 10.5. The minimum absolute atomic E-state index is 0.00746. The number of hydrogen-bond acceptors (Lipinski definition) is 7. The summed E-state index contributed by atoms with van der Waals surface area (Å²) < 4.78 is 6.63. The number of ether oxygens (including phenoxy) is 1. The Bertz CT molecular complexity index is 346. The van der Waals surface area contributed by atoms with E-state index in [0.29, 0.717) is 18.9 Å². The van der Waals surface area contributed by atoms with Gasteiger partial charge in [0.1, 0.15) is 0 Å². The molecule has 0 aliphatic carbocycles. The summed E-state index contributed by atoms with van der Waals surface area (Å²) in [7, 11) is 1.61. The summed E-state index contributed by atoms with van der Waals surface area (Å²) in [4.78, 5) is 11.4. The molecule has 0 aliphatic rings. The first-order valence-electron chi connectivity index (χ1n) is 5.11. The first kappa shape index (κ1) is 14.7. The van der Waals surface area contributed by atoms with E-state index < -0.39 is 0 Å². The molecule has 17 heavy (non-hydrogen) atoms. The van der Waals surface area contributed by atoms with E-state index in [4.69, 9.17) is 4.74 Å². The Kier molecular flexibility index (Phi) is 7.58. The van der Waals surface area contributed by atoms with Crippen molar-refractivity contribution < 1.29 is 9.53 Å². The maximum Gasteiger partial charge on any atom is 0.230 e.